The smallest absolute Gasteiger partial charge is 0.257 e. The molecule has 0 radical (unpaired) electrons. The van der Waals surface area contributed by atoms with Crippen LogP contribution in [0.5, 0.6) is 11.5 Å². The van der Waals surface area contributed by atoms with Gasteiger partial charge in [-0.05, 0) is 51.1 Å². The zero-order valence-corrected chi connectivity index (χ0v) is 18.7. The Kier molecular flexibility index (Phi) is 6.16. The van der Waals surface area contributed by atoms with Gasteiger partial charge in [0.1, 0.15) is 0 Å². The van der Waals surface area contributed by atoms with E-state index in [1.54, 1.807) is 22.9 Å². The van der Waals surface area contributed by atoms with Crippen molar-refractivity contribution in [1.29, 1.82) is 0 Å². The molecule has 0 aliphatic rings. The van der Waals surface area contributed by atoms with Gasteiger partial charge < -0.3 is 15.2 Å². The molecule has 10 nitrogen and oxygen atoms in total. The molecule has 0 amide bonds. The fraction of sp³-hybridized carbons (Fsp3) is 0.174. The number of aryl methyl sites for hydroxylation is 3. The Labute approximate surface area is 191 Å². The molecule has 2 aromatic heterocycles. The Morgan fingerprint density at radius 2 is 1.76 bits per heavy atom. The standard InChI is InChI=1S/C23H24N8O2/c1-14-8-10-18(11-9-14)25-21-26-22(28-23(27-21)31-16(3)12-15(2)30-31)29-24-13-17-6-5-7-19(33-4)20(17)32/h5-13,32H,1-4H3,(H2,25,26,27,28,29)/b24-13-. The maximum Gasteiger partial charge on any atom is 0.257 e. The van der Waals surface area contributed by atoms with E-state index in [0.29, 0.717) is 23.2 Å². The van der Waals surface area contributed by atoms with E-state index in [2.05, 4.69) is 35.9 Å². The minimum atomic E-state index is -0.00810. The van der Waals surface area contributed by atoms with Crippen LogP contribution in [-0.4, -0.2) is 43.2 Å². The molecule has 0 aliphatic heterocycles. The maximum absolute atomic E-state index is 10.2. The van der Waals surface area contributed by atoms with E-state index in [4.69, 9.17) is 4.74 Å². The number of nitrogens with one attached hydrogen (secondary N) is 2. The molecular formula is C23H24N8O2. The molecule has 0 fully saturated rings. The molecule has 0 atom stereocenters. The van der Waals surface area contributed by atoms with E-state index in [1.807, 2.05) is 51.1 Å². The summed E-state index contributed by atoms with van der Waals surface area (Å²) in [7, 11) is 1.49. The van der Waals surface area contributed by atoms with Gasteiger partial charge in [-0.1, -0.05) is 23.8 Å². The van der Waals surface area contributed by atoms with Crippen LogP contribution in [0, 0.1) is 20.8 Å². The van der Waals surface area contributed by atoms with E-state index < -0.39 is 0 Å². The molecular weight excluding hydrogens is 420 g/mol. The van der Waals surface area contributed by atoms with Crippen molar-refractivity contribution in [2.45, 2.75) is 20.8 Å². The van der Waals surface area contributed by atoms with Crippen LogP contribution in [0.3, 0.4) is 0 Å². The van der Waals surface area contributed by atoms with Crippen LogP contribution < -0.4 is 15.5 Å². The third-order valence-electron chi connectivity index (χ3n) is 4.75. The Morgan fingerprint density at radius 3 is 2.45 bits per heavy atom. The van der Waals surface area contributed by atoms with Crippen LogP contribution in [0.25, 0.3) is 5.95 Å². The van der Waals surface area contributed by atoms with Crippen LogP contribution in [-0.2, 0) is 0 Å². The quantitative estimate of drug-likeness (QED) is 0.290. The predicted octanol–water partition coefficient (Wildman–Crippen LogP) is 3.89. The monoisotopic (exact) mass is 444 g/mol. The van der Waals surface area contributed by atoms with Gasteiger partial charge in [0, 0.05) is 16.9 Å². The zero-order valence-electron chi connectivity index (χ0n) is 18.7. The maximum atomic E-state index is 10.2. The highest BCUT2D eigenvalue weighted by atomic mass is 16.5. The minimum Gasteiger partial charge on any atom is -0.504 e. The molecule has 33 heavy (non-hydrogen) atoms. The third kappa shape index (κ3) is 5.06. The number of hydrogen-bond acceptors (Lipinski definition) is 9. The lowest BCUT2D eigenvalue weighted by molar-refractivity contribution is 0.373. The summed E-state index contributed by atoms with van der Waals surface area (Å²) in [6.07, 6.45) is 1.46. The van der Waals surface area contributed by atoms with E-state index >= 15 is 0 Å². The fourth-order valence-corrected chi connectivity index (χ4v) is 3.13. The summed E-state index contributed by atoms with van der Waals surface area (Å²) < 4.78 is 6.76. The fourth-order valence-electron chi connectivity index (χ4n) is 3.13. The van der Waals surface area contributed by atoms with Crippen LogP contribution in [0.2, 0.25) is 0 Å². The molecule has 2 heterocycles. The number of methoxy groups -OCH3 is 1. The van der Waals surface area contributed by atoms with Gasteiger partial charge in [0.15, 0.2) is 11.5 Å². The first kappa shape index (κ1) is 21.8. The van der Waals surface area contributed by atoms with Crippen LogP contribution in [0.1, 0.15) is 22.5 Å². The summed E-state index contributed by atoms with van der Waals surface area (Å²) in [5.74, 6) is 1.23. The number of ether oxygens (including phenoxy) is 1. The number of phenols is 1. The number of benzene rings is 2. The van der Waals surface area contributed by atoms with Gasteiger partial charge >= 0.3 is 0 Å². The summed E-state index contributed by atoms with van der Waals surface area (Å²) >= 11 is 0. The van der Waals surface area contributed by atoms with Crippen molar-refractivity contribution < 1.29 is 9.84 Å². The first-order valence-corrected chi connectivity index (χ1v) is 10.2. The van der Waals surface area contributed by atoms with Crippen molar-refractivity contribution in [3.8, 4) is 17.4 Å². The third-order valence-corrected chi connectivity index (χ3v) is 4.75. The largest absolute Gasteiger partial charge is 0.504 e. The number of aromatic nitrogens is 5. The summed E-state index contributed by atoms with van der Waals surface area (Å²) in [5, 5.41) is 22.1. The number of hydrogen-bond donors (Lipinski definition) is 3. The highest BCUT2D eigenvalue weighted by molar-refractivity contribution is 5.85. The van der Waals surface area contributed by atoms with Crippen molar-refractivity contribution >= 4 is 23.8 Å². The summed E-state index contributed by atoms with van der Waals surface area (Å²) in [4.78, 5) is 13.4. The molecule has 0 unspecified atom stereocenters. The molecule has 4 aromatic rings. The second-order valence-corrected chi connectivity index (χ2v) is 7.38. The molecule has 0 bridgehead atoms. The number of aromatic hydroxyl groups is 1. The van der Waals surface area contributed by atoms with Crippen molar-refractivity contribution in [2.24, 2.45) is 5.10 Å². The minimum absolute atomic E-state index is 0.00810. The Bertz CT molecular complexity index is 1300. The molecule has 0 saturated heterocycles. The van der Waals surface area contributed by atoms with Crippen LogP contribution in [0.15, 0.2) is 53.6 Å². The first-order chi connectivity index (χ1) is 15.9. The summed E-state index contributed by atoms with van der Waals surface area (Å²) in [6.45, 7) is 5.85. The highest BCUT2D eigenvalue weighted by Gasteiger charge is 2.12. The summed E-state index contributed by atoms with van der Waals surface area (Å²) in [6, 6.07) is 14.9. The SMILES string of the molecule is COc1cccc(/C=N\Nc2nc(Nc3ccc(C)cc3)nc(-n3nc(C)cc3C)n2)c1O. The van der Waals surface area contributed by atoms with Gasteiger partial charge in [0.05, 0.1) is 19.0 Å². The van der Waals surface area contributed by atoms with E-state index in [9.17, 15) is 5.11 Å². The lowest BCUT2D eigenvalue weighted by Gasteiger charge is -2.10. The molecule has 10 heteroatoms. The van der Waals surface area contributed by atoms with Crippen molar-refractivity contribution in [3.05, 3.63) is 71.0 Å². The number of hydrazone groups is 1. The lowest BCUT2D eigenvalue weighted by atomic mass is 10.2. The van der Waals surface area contributed by atoms with Gasteiger partial charge in [-0.2, -0.15) is 25.2 Å². The highest BCUT2D eigenvalue weighted by Crippen LogP contribution is 2.28. The number of phenolic OH excluding ortho intramolecular Hbond substituents is 1. The van der Waals surface area contributed by atoms with Gasteiger partial charge in [-0.15, -0.1) is 0 Å². The second-order valence-electron chi connectivity index (χ2n) is 7.38. The first-order valence-electron chi connectivity index (χ1n) is 10.2. The molecule has 3 N–H and O–H groups in total. The van der Waals surface area contributed by atoms with Gasteiger partial charge in [-0.3, -0.25) is 0 Å². The average Bonchev–Trinajstić information content (AvgIpc) is 3.14. The number of para-hydroxylation sites is 1. The van der Waals surface area contributed by atoms with Crippen LogP contribution >= 0.6 is 0 Å². The Hall–Kier alpha value is -4.47. The van der Waals surface area contributed by atoms with Gasteiger partial charge in [0.25, 0.3) is 5.95 Å². The van der Waals surface area contributed by atoms with Crippen LogP contribution in [0.4, 0.5) is 17.6 Å². The Balaban J connectivity index is 1.65. The molecule has 4 rings (SSSR count). The van der Waals surface area contributed by atoms with E-state index in [-0.39, 0.29) is 11.7 Å². The molecule has 0 spiro atoms. The molecule has 0 aliphatic carbocycles. The van der Waals surface area contributed by atoms with Crippen molar-refractivity contribution in [2.75, 3.05) is 17.9 Å². The second kappa shape index (κ2) is 9.35. The Morgan fingerprint density at radius 1 is 1.00 bits per heavy atom. The number of nitrogens with zero attached hydrogens (tertiary/aromatic N) is 6. The molecule has 2 aromatic carbocycles. The predicted molar refractivity (Wildman–Crippen MR) is 127 cm³/mol. The van der Waals surface area contributed by atoms with E-state index in [1.165, 1.54) is 13.3 Å². The van der Waals surface area contributed by atoms with Crippen molar-refractivity contribution in [3.63, 3.8) is 0 Å². The van der Waals surface area contributed by atoms with E-state index in [0.717, 1.165) is 22.6 Å². The average molecular weight is 444 g/mol. The lowest BCUT2D eigenvalue weighted by Crippen LogP contribution is -2.11. The normalized spacial score (nSPS) is 11.0. The van der Waals surface area contributed by atoms with Crippen molar-refractivity contribution in [1.82, 2.24) is 24.7 Å². The van der Waals surface area contributed by atoms with Gasteiger partial charge in [0.2, 0.25) is 11.9 Å². The molecule has 0 saturated carbocycles. The number of rotatable bonds is 7. The topological polar surface area (TPSA) is 122 Å². The zero-order chi connectivity index (χ0) is 23.4. The number of anilines is 3. The van der Waals surface area contributed by atoms with Gasteiger partial charge in [-0.25, -0.2) is 10.1 Å². The summed E-state index contributed by atoms with van der Waals surface area (Å²) in [5.41, 5.74) is 7.00. The molecule has 168 valence electrons.